The summed E-state index contributed by atoms with van der Waals surface area (Å²) in [6.07, 6.45) is 1.75. The molecule has 3 aromatic rings. The van der Waals surface area contributed by atoms with Crippen molar-refractivity contribution < 1.29 is 9.84 Å². The van der Waals surface area contributed by atoms with Crippen molar-refractivity contribution >= 4 is 16.6 Å². The van der Waals surface area contributed by atoms with E-state index in [-0.39, 0.29) is 12.2 Å². The molecule has 0 bridgehead atoms. The third kappa shape index (κ3) is 5.66. The summed E-state index contributed by atoms with van der Waals surface area (Å²) in [6, 6.07) is 17.7. The highest BCUT2D eigenvalue weighted by Gasteiger charge is 2.20. The number of aryl methyl sites for hydroxylation is 1. The molecule has 6 nitrogen and oxygen atoms in total. The van der Waals surface area contributed by atoms with Crippen LogP contribution in [-0.2, 0) is 6.42 Å². The molecule has 0 amide bonds. The van der Waals surface area contributed by atoms with Gasteiger partial charge in [-0.1, -0.05) is 25.5 Å². The molecular weight excluding hydrogens is 390 g/mol. The Bertz CT molecular complexity index is 1040. The number of piperazine rings is 1. The summed E-state index contributed by atoms with van der Waals surface area (Å²) in [5.74, 6) is 0.690. The molecule has 1 saturated heterocycles. The molecule has 0 saturated carbocycles. The van der Waals surface area contributed by atoms with Crippen molar-refractivity contribution in [3.8, 4) is 5.75 Å². The maximum atomic E-state index is 11.4. The van der Waals surface area contributed by atoms with Gasteiger partial charge in [0.15, 0.2) is 0 Å². The second-order valence-electron chi connectivity index (χ2n) is 8.24. The van der Waals surface area contributed by atoms with Crippen LogP contribution < -0.4 is 15.2 Å². The fraction of sp³-hybridized carbons (Fsp3) is 0.400. The van der Waals surface area contributed by atoms with Crippen molar-refractivity contribution in [1.82, 2.24) is 9.88 Å². The smallest absolute Gasteiger partial charge is 0.248 e. The van der Waals surface area contributed by atoms with Gasteiger partial charge in [0.2, 0.25) is 5.56 Å². The first-order valence-corrected chi connectivity index (χ1v) is 11.1. The number of ether oxygens (including phenoxy) is 1. The van der Waals surface area contributed by atoms with E-state index in [1.807, 2.05) is 18.2 Å². The quantitative estimate of drug-likeness (QED) is 0.585. The van der Waals surface area contributed by atoms with Crippen molar-refractivity contribution in [3.05, 3.63) is 70.5 Å². The highest BCUT2D eigenvalue weighted by molar-refractivity contribution is 5.79. The number of nitrogens with one attached hydrogen (secondary N) is 1. The van der Waals surface area contributed by atoms with E-state index in [1.54, 1.807) is 6.07 Å². The number of anilines is 1. The fourth-order valence-corrected chi connectivity index (χ4v) is 4.12. The number of aliphatic hydroxyl groups is 1. The highest BCUT2D eigenvalue weighted by Crippen LogP contribution is 2.20. The number of benzene rings is 2. The zero-order valence-corrected chi connectivity index (χ0v) is 18.1. The predicted molar refractivity (Wildman–Crippen MR) is 125 cm³/mol. The van der Waals surface area contributed by atoms with Crippen LogP contribution in [0.4, 0.5) is 5.69 Å². The minimum Gasteiger partial charge on any atom is -0.491 e. The van der Waals surface area contributed by atoms with Crippen molar-refractivity contribution in [2.24, 2.45) is 0 Å². The van der Waals surface area contributed by atoms with Crippen LogP contribution in [0.2, 0.25) is 0 Å². The van der Waals surface area contributed by atoms with Gasteiger partial charge >= 0.3 is 0 Å². The average molecular weight is 422 g/mol. The number of fused-ring (bicyclic) bond motifs is 1. The normalized spacial score (nSPS) is 15.9. The van der Waals surface area contributed by atoms with Crippen LogP contribution in [0.1, 0.15) is 18.9 Å². The van der Waals surface area contributed by atoms with Gasteiger partial charge < -0.3 is 19.7 Å². The molecule has 2 heterocycles. The summed E-state index contributed by atoms with van der Waals surface area (Å²) in [4.78, 5) is 18.9. The predicted octanol–water partition coefficient (Wildman–Crippen LogP) is 3.04. The molecule has 1 aromatic heterocycles. The SMILES string of the molecule is CCCc1ccc(N2CCN(C[C@H](O)COc3ccc4[nH]c(=O)ccc4c3)CC2)cc1. The monoisotopic (exact) mass is 421 g/mol. The van der Waals surface area contributed by atoms with E-state index in [0.29, 0.717) is 12.3 Å². The van der Waals surface area contributed by atoms with Crippen molar-refractivity contribution in [2.45, 2.75) is 25.9 Å². The summed E-state index contributed by atoms with van der Waals surface area (Å²) >= 11 is 0. The van der Waals surface area contributed by atoms with E-state index in [2.05, 4.69) is 46.0 Å². The van der Waals surface area contributed by atoms with Gasteiger partial charge in [0.25, 0.3) is 0 Å². The molecule has 1 aliphatic rings. The van der Waals surface area contributed by atoms with E-state index in [0.717, 1.165) is 43.5 Å². The van der Waals surface area contributed by atoms with Gasteiger partial charge in [-0.2, -0.15) is 0 Å². The van der Waals surface area contributed by atoms with Crippen molar-refractivity contribution in [3.63, 3.8) is 0 Å². The Hall–Kier alpha value is -2.83. The second-order valence-corrected chi connectivity index (χ2v) is 8.24. The zero-order valence-electron chi connectivity index (χ0n) is 18.1. The molecular formula is C25H31N3O3. The number of nitrogens with zero attached hydrogens (tertiary/aromatic N) is 2. The molecule has 6 heteroatoms. The number of pyridine rings is 1. The van der Waals surface area contributed by atoms with Crippen LogP contribution in [0.3, 0.4) is 0 Å². The summed E-state index contributed by atoms with van der Waals surface area (Å²) in [7, 11) is 0. The number of H-pyrrole nitrogens is 1. The number of aromatic nitrogens is 1. The molecule has 1 aliphatic heterocycles. The van der Waals surface area contributed by atoms with E-state index >= 15 is 0 Å². The summed E-state index contributed by atoms with van der Waals surface area (Å²) in [5, 5.41) is 11.4. The molecule has 4 rings (SSSR count). The van der Waals surface area contributed by atoms with E-state index in [4.69, 9.17) is 4.74 Å². The Morgan fingerprint density at radius 1 is 1.03 bits per heavy atom. The van der Waals surface area contributed by atoms with Crippen molar-refractivity contribution in [1.29, 1.82) is 0 Å². The number of β-amino-alcohol motifs (C(OH)–C–C–N with tert-alkyl or cyclic N) is 1. The highest BCUT2D eigenvalue weighted by atomic mass is 16.5. The zero-order chi connectivity index (χ0) is 21.6. The van der Waals surface area contributed by atoms with Crippen LogP contribution in [0.25, 0.3) is 10.9 Å². The Morgan fingerprint density at radius 3 is 2.55 bits per heavy atom. The maximum absolute atomic E-state index is 11.4. The second kappa shape index (κ2) is 9.98. The van der Waals surface area contributed by atoms with Gasteiger partial charge in [-0.15, -0.1) is 0 Å². The van der Waals surface area contributed by atoms with Gasteiger partial charge in [0.1, 0.15) is 18.5 Å². The Balaban J connectivity index is 1.23. The first kappa shape index (κ1) is 21.4. The van der Waals surface area contributed by atoms with Crippen LogP contribution in [0.15, 0.2) is 59.4 Å². The van der Waals surface area contributed by atoms with Gasteiger partial charge in [-0.05, 0) is 48.4 Å². The lowest BCUT2D eigenvalue weighted by molar-refractivity contribution is 0.0663. The standard InChI is InChI=1S/C25H31N3O3/c1-2-3-19-4-7-21(8-5-19)28-14-12-27(13-15-28)17-22(29)18-31-23-9-10-24-20(16-23)6-11-25(30)26-24/h4-11,16,22,29H,2-3,12-15,17-18H2,1H3,(H,26,30)/t22-/m0/s1. The van der Waals surface area contributed by atoms with Gasteiger partial charge in [0.05, 0.1) is 0 Å². The van der Waals surface area contributed by atoms with Crippen LogP contribution in [0.5, 0.6) is 5.75 Å². The summed E-state index contributed by atoms with van der Waals surface area (Å²) in [5.41, 5.74) is 3.33. The topological polar surface area (TPSA) is 68.8 Å². The van der Waals surface area contributed by atoms with E-state index < -0.39 is 6.10 Å². The first-order valence-electron chi connectivity index (χ1n) is 11.1. The average Bonchev–Trinajstić information content (AvgIpc) is 2.79. The number of rotatable bonds is 8. The molecule has 164 valence electrons. The summed E-state index contributed by atoms with van der Waals surface area (Å²) in [6.45, 7) is 6.83. The van der Waals surface area contributed by atoms with Crippen LogP contribution in [-0.4, -0.2) is 60.4 Å². The number of hydrogen-bond donors (Lipinski definition) is 2. The largest absolute Gasteiger partial charge is 0.491 e. The van der Waals surface area contributed by atoms with Crippen molar-refractivity contribution in [2.75, 3.05) is 44.2 Å². The van der Waals surface area contributed by atoms with Crippen LogP contribution >= 0.6 is 0 Å². The molecule has 0 aliphatic carbocycles. The molecule has 0 spiro atoms. The minimum absolute atomic E-state index is 0.120. The van der Waals surface area contributed by atoms with Gasteiger partial charge in [0, 0.05) is 55.4 Å². The van der Waals surface area contributed by atoms with Gasteiger partial charge in [-0.3, -0.25) is 9.69 Å². The minimum atomic E-state index is -0.550. The molecule has 0 radical (unpaired) electrons. The lowest BCUT2D eigenvalue weighted by atomic mass is 10.1. The molecule has 0 unspecified atom stereocenters. The van der Waals surface area contributed by atoms with Crippen LogP contribution in [0, 0.1) is 0 Å². The third-order valence-corrected chi connectivity index (χ3v) is 5.82. The summed E-state index contributed by atoms with van der Waals surface area (Å²) < 4.78 is 5.79. The lowest BCUT2D eigenvalue weighted by Crippen LogP contribution is -2.49. The Labute approximate surface area is 183 Å². The fourth-order valence-electron chi connectivity index (χ4n) is 4.12. The Morgan fingerprint density at radius 2 is 1.81 bits per heavy atom. The molecule has 2 N–H and O–H groups in total. The van der Waals surface area contributed by atoms with E-state index in [9.17, 15) is 9.90 Å². The van der Waals surface area contributed by atoms with E-state index in [1.165, 1.54) is 23.7 Å². The molecule has 2 aromatic carbocycles. The maximum Gasteiger partial charge on any atom is 0.248 e. The molecule has 31 heavy (non-hydrogen) atoms. The third-order valence-electron chi connectivity index (χ3n) is 5.82. The molecule has 1 atom stereocenters. The lowest BCUT2D eigenvalue weighted by Gasteiger charge is -2.37. The Kier molecular flexibility index (Phi) is 6.89. The number of hydrogen-bond acceptors (Lipinski definition) is 5. The number of aromatic amines is 1. The first-order chi connectivity index (χ1) is 15.1. The molecule has 1 fully saturated rings. The van der Waals surface area contributed by atoms with Gasteiger partial charge in [-0.25, -0.2) is 0 Å². The number of aliphatic hydroxyl groups excluding tert-OH is 1.